The third kappa shape index (κ3) is 6.24. The molecular formula is C32H43N5O4Si. The molecular weight excluding hydrogens is 546 g/mol. The van der Waals surface area contributed by atoms with Gasteiger partial charge in [-0.1, -0.05) is 20.8 Å². The van der Waals surface area contributed by atoms with Gasteiger partial charge in [0.05, 0.1) is 20.8 Å². The molecule has 10 heteroatoms. The van der Waals surface area contributed by atoms with Crippen molar-refractivity contribution in [2.45, 2.75) is 83.3 Å². The maximum atomic E-state index is 14.2. The van der Waals surface area contributed by atoms with Gasteiger partial charge in [0.15, 0.2) is 8.32 Å². The van der Waals surface area contributed by atoms with E-state index in [1.54, 1.807) is 19.1 Å². The molecule has 3 aromatic rings. The van der Waals surface area contributed by atoms with Gasteiger partial charge in [0.1, 0.15) is 17.3 Å². The minimum atomic E-state index is -1.87. The fourth-order valence-corrected chi connectivity index (χ4v) is 6.77. The molecule has 1 aromatic heterocycles. The van der Waals surface area contributed by atoms with E-state index in [0.29, 0.717) is 18.3 Å². The highest BCUT2D eigenvalue weighted by Gasteiger charge is 2.42. The fraction of sp³-hybridized carbons (Fsp3) is 0.469. The molecule has 2 aliphatic rings. The summed E-state index contributed by atoms with van der Waals surface area (Å²) in [6, 6.07) is 15.1. The molecule has 5 rings (SSSR count). The monoisotopic (exact) mass is 589 g/mol. The van der Waals surface area contributed by atoms with Crippen LogP contribution in [0.15, 0.2) is 54.7 Å². The Labute approximate surface area is 250 Å². The van der Waals surface area contributed by atoms with Crippen molar-refractivity contribution in [2.24, 2.45) is 0 Å². The molecule has 224 valence electrons. The Morgan fingerprint density at radius 3 is 2.07 bits per heavy atom. The number of methoxy groups -OCH3 is 2. The van der Waals surface area contributed by atoms with E-state index in [1.807, 2.05) is 59.6 Å². The summed E-state index contributed by atoms with van der Waals surface area (Å²) in [6.45, 7) is 11.8. The number of urea groups is 1. The highest BCUT2D eigenvalue weighted by atomic mass is 28.4. The Hall–Kier alpha value is -3.63. The second-order valence-electron chi connectivity index (χ2n) is 12.6. The molecule has 2 heterocycles. The number of amides is 2. The molecule has 0 atom stereocenters. The first-order valence-corrected chi connectivity index (χ1v) is 17.6. The molecule has 0 radical (unpaired) electrons. The van der Waals surface area contributed by atoms with Crippen molar-refractivity contribution in [3.63, 3.8) is 0 Å². The zero-order chi connectivity index (χ0) is 30.1. The van der Waals surface area contributed by atoms with Gasteiger partial charge >= 0.3 is 6.03 Å². The predicted octanol–water partition coefficient (Wildman–Crippen LogP) is 7.52. The van der Waals surface area contributed by atoms with Gasteiger partial charge < -0.3 is 19.2 Å². The van der Waals surface area contributed by atoms with Gasteiger partial charge in [-0.15, -0.1) is 0 Å². The van der Waals surface area contributed by atoms with Crippen LogP contribution in [0.5, 0.6) is 11.5 Å². The molecule has 1 N–H and O–H groups in total. The zero-order valence-electron chi connectivity index (χ0n) is 25.8. The molecule has 0 spiro atoms. The SMILES string of the molecule is COc1ccc(Nc2ncc3c(n2)N(C2CCC(O[Si](C)(C)C(C)(C)C)CC2)C(=O)N(c2ccc(OC)cc2)C3)cc1. The molecule has 0 bridgehead atoms. The van der Waals surface area contributed by atoms with Gasteiger partial charge in [-0.25, -0.2) is 9.78 Å². The summed E-state index contributed by atoms with van der Waals surface area (Å²) in [5.41, 5.74) is 2.56. The van der Waals surface area contributed by atoms with Crippen LogP contribution >= 0.6 is 0 Å². The Morgan fingerprint density at radius 1 is 0.905 bits per heavy atom. The number of carbonyl (C=O) groups excluding carboxylic acids is 1. The number of rotatable bonds is 8. The highest BCUT2D eigenvalue weighted by molar-refractivity contribution is 6.74. The minimum Gasteiger partial charge on any atom is -0.497 e. The number of ether oxygens (including phenoxy) is 2. The Balaban J connectivity index is 1.42. The van der Waals surface area contributed by atoms with Crippen molar-refractivity contribution >= 4 is 37.5 Å². The smallest absolute Gasteiger partial charge is 0.330 e. The van der Waals surface area contributed by atoms with Crippen molar-refractivity contribution in [3.05, 3.63) is 60.3 Å². The summed E-state index contributed by atoms with van der Waals surface area (Å²) >= 11 is 0. The summed E-state index contributed by atoms with van der Waals surface area (Å²) in [7, 11) is 1.41. The largest absolute Gasteiger partial charge is 0.497 e. The van der Waals surface area contributed by atoms with Crippen LogP contribution in [0.2, 0.25) is 18.1 Å². The Kier molecular flexibility index (Phi) is 8.48. The van der Waals surface area contributed by atoms with Crippen molar-refractivity contribution in [2.75, 3.05) is 29.3 Å². The number of nitrogens with one attached hydrogen (secondary N) is 1. The molecule has 1 aliphatic carbocycles. The lowest BCUT2D eigenvalue weighted by Crippen LogP contribution is -2.54. The summed E-state index contributed by atoms with van der Waals surface area (Å²) in [5, 5.41) is 3.45. The van der Waals surface area contributed by atoms with Crippen molar-refractivity contribution in [3.8, 4) is 11.5 Å². The molecule has 2 amide bonds. The van der Waals surface area contributed by atoms with Crippen molar-refractivity contribution < 1.29 is 18.7 Å². The van der Waals surface area contributed by atoms with Crippen LogP contribution in [0, 0.1) is 0 Å². The Bertz CT molecular complexity index is 1380. The van der Waals surface area contributed by atoms with E-state index < -0.39 is 8.32 Å². The van der Waals surface area contributed by atoms with Crippen LogP contribution < -0.4 is 24.6 Å². The van der Waals surface area contributed by atoms with Gasteiger partial charge in [-0.05, 0) is 92.3 Å². The average Bonchev–Trinajstić information content (AvgIpc) is 2.97. The molecule has 1 aliphatic heterocycles. The van der Waals surface area contributed by atoms with Gasteiger partial charge in [0.25, 0.3) is 0 Å². The summed E-state index contributed by atoms with van der Waals surface area (Å²) in [4.78, 5) is 27.4. The predicted molar refractivity (Wildman–Crippen MR) is 170 cm³/mol. The van der Waals surface area contributed by atoms with Crippen LogP contribution in [-0.2, 0) is 11.0 Å². The molecule has 0 unspecified atom stereocenters. The van der Waals surface area contributed by atoms with Gasteiger partial charge in [0, 0.05) is 35.3 Å². The molecule has 0 saturated heterocycles. The number of aromatic nitrogens is 2. The van der Waals surface area contributed by atoms with E-state index in [-0.39, 0.29) is 23.2 Å². The van der Waals surface area contributed by atoms with Crippen LogP contribution in [0.3, 0.4) is 0 Å². The van der Waals surface area contributed by atoms with Crippen LogP contribution in [0.4, 0.5) is 27.9 Å². The molecule has 1 saturated carbocycles. The third-order valence-electron chi connectivity index (χ3n) is 8.84. The lowest BCUT2D eigenvalue weighted by molar-refractivity contribution is 0.129. The topological polar surface area (TPSA) is 89.1 Å². The second kappa shape index (κ2) is 11.9. The maximum absolute atomic E-state index is 14.2. The number of benzene rings is 2. The van der Waals surface area contributed by atoms with E-state index in [0.717, 1.165) is 54.1 Å². The number of carbonyl (C=O) groups is 1. The van der Waals surface area contributed by atoms with Crippen LogP contribution in [0.1, 0.15) is 52.0 Å². The lowest BCUT2D eigenvalue weighted by atomic mass is 9.91. The highest BCUT2D eigenvalue weighted by Crippen LogP contribution is 2.41. The zero-order valence-corrected chi connectivity index (χ0v) is 26.8. The van der Waals surface area contributed by atoms with E-state index in [1.165, 1.54) is 0 Å². The summed E-state index contributed by atoms with van der Waals surface area (Å²) in [5.74, 6) is 2.64. The molecule has 9 nitrogen and oxygen atoms in total. The quantitative estimate of drug-likeness (QED) is 0.272. The number of nitrogens with zero attached hydrogens (tertiary/aromatic N) is 4. The van der Waals surface area contributed by atoms with E-state index in [4.69, 9.17) is 18.9 Å². The normalized spacial score (nSPS) is 19.4. The molecule has 42 heavy (non-hydrogen) atoms. The van der Waals surface area contributed by atoms with Crippen molar-refractivity contribution in [1.29, 1.82) is 0 Å². The van der Waals surface area contributed by atoms with E-state index in [9.17, 15) is 4.79 Å². The number of anilines is 4. The van der Waals surface area contributed by atoms with Gasteiger partial charge in [-0.2, -0.15) is 4.98 Å². The molecule has 1 fully saturated rings. The van der Waals surface area contributed by atoms with Crippen LogP contribution in [-0.4, -0.2) is 50.7 Å². The third-order valence-corrected chi connectivity index (χ3v) is 13.4. The second-order valence-corrected chi connectivity index (χ2v) is 17.4. The van der Waals surface area contributed by atoms with Gasteiger partial charge in [0.2, 0.25) is 5.95 Å². The first kappa shape index (κ1) is 29.8. The standard InChI is InChI=1S/C32H43N5O4Si/c1-32(2,3)42(6,7)41-28-18-12-25(13-19-28)37-29-22(21-36(31(37)38)24-10-16-27(40-5)17-11-24)20-33-30(35-29)34-23-8-14-26(39-4)15-9-23/h8-11,14-17,20,25,28H,12-13,18-19,21H2,1-7H3,(H,33,34,35). The lowest BCUT2D eigenvalue weighted by Gasteiger charge is -2.44. The minimum absolute atomic E-state index is 0.0142. The number of fused-ring (bicyclic) bond motifs is 1. The van der Waals surface area contributed by atoms with E-state index >= 15 is 0 Å². The first-order chi connectivity index (χ1) is 20.0. The fourth-order valence-electron chi connectivity index (χ4n) is 5.35. The summed E-state index contributed by atoms with van der Waals surface area (Å²) in [6.07, 6.45) is 5.59. The van der Waals surface area contributed by atoms with Gasteiger partial charge in [-0.3, -0.25) is 9.80 Å². The maximum Gasteiger partial charge on any atom is 0.330 e. The number of hydrogen-bond acceptors (Lipinski definition) is 7. The number of hydrogen-bond donors (Lipinski definition) is 1. The van der Waals surface area contributed by atoms with Crippen molar-refractivity contribution in [1.82, 2.24) is 9.97 Å². The first-order valence-electron chi connectivity index (χ1n) is 14.7. The average molecular weight is 590 g/mol. The van der Waals surface area contributed by atoms with Crippen LogP contribution in [0.25, 0.3) is 0 Å². The molecule has 2 aromatic carbocycles. The summed E-state index contributed by atoms with van der Waals surface area (Å²) < 4.78 is 17.4. The Morgan fingerprint density at radius 2 is 1.50 bits per heavy atom. The van der Waals surface area contributed by atoms with E-state index in [2.05, 4.69) is 44.2 Å².